The van der Waals surface area contributed by atoms with Gasteiger partial charge >= 0.3 is 0 Å². The van der Waals surface area contributed by atoms with Gasteiger partial charge < -0.3 is 10.1 Å². The van der Waals surface area contributed by atoms with Crippen molar-refractivity contribution < 1.29 is 9.53 Å². The Morgan fingerprint density at radius 3 is 2.87 bits per heavy atom. The predicted octanol–water partition coefficient (Wildman–Crippen LogP) is 2.56. The first-order valence-electron chi connectivity index (χ1n) is 6.98. The Morgan fingerprint density at radius 2 is 2.13 bits per heavy atom. The first kappa shape index (κ1) is 15.3. The zero-order valence-corrected chi connectivity index (χ0v) is 13.5. The third kappa shape index (κ3) is 2.85. The van der Waals surface area contributed by atoms with Crippen LogP contribution in [0.15, 0.2) is 36.7 Å². The van der Waals surface area contributed by atoms with Gasteiger partial charge in [0.1, 0.15) is 11.3 Å². The zero-order valence-electron chi connectivity index (χ0n) is 12.7. The van der Waals surface area contributed by atoms with E-state index in [4.69, 9.17) is 16.3 Å². The highest BCUT2D eigenvalue weighted by molar-refractivity contribution is 6.31. The molecule has 0 saturated heterocycles. The van der Waals surface area contributed by atoms with Gasteiger partial charge in [-0.3, -0.25) is 9.48 Å². The first-order chi connectivity index (χ1) is 11.1. The largest absolute Gasteiger partial charge is 0.495 e. The minimum atomic E-state index is -0.278. The lowest BCUT2D eigenvalue weighted by Crippen LogP contribution is -2.23. The molecule has 6 nitrogen and oxygen atoms in total. The number of fused-ring (bicyclic) bond motifs is 1. The van der Waals surface area contributed by atoms with Crippen molar-refractivity contribution in [2.45, 2.75) is 6.54 Å². The number of pyridine rings is 1. The molecule has 1 N–H and O–H groups in total. The summed E-state index contributed by atoms with van der Waals surface area (Å²) in [6, 6.07) is 7.36. The van der Waals surface area contributed by atoms with Gasteiger partial charge in [-0.15, -0.1) is 0 Å². The second-order valence-corrected chi connectivity index (χ2v) is 5.39. The Balaban J connectivity index is 1.87. The van der Waals surface area contributed by atoms with Crippen molar-refractivity contribution in [3.8, 4) is 5.75 Å². The average molecular weight is 331 g/mol. The van der Waals surface area contributed by atoms with Crippen molar-refractivity contribution in [2.75, 3.05) is 7.11 Å². The SMILES string of the molecule is COc1c(C(=O)NCc2ccccc2Cl)cnc2c1cnn2C. The Labute approximate surface area is 138 Å². The molecular formula is C16H15ClN4O2. The van der Waals surface area contributed by atoms with E-state index in [0.29, 0.717) is 33.9 Å². The molecule has 7 heteroatoms. The highest BCUT2D eigenvalue weighted by atomic mass is 35.5. The molecule has 0 fully saturated rings. The molecule has 2 aromatic heterocycles. The number of benzene rings is 1. The van der Waals surface area contributed by atoms with Crippen LogP contribution in [-0.2, 0) is 13.6 Å². The molecule has 3 aromatic rings. The number of carbonyl (C=O) groups excluding carboxylic acids is 1. The topological polar surface area (TPSA) is 69.0 Å². The Morgan fingerprint density at radius 1 is 1.35 bits per heavy atom. The molecule has 3 rings (SSSR count). The van der Waals surface area contributed by atoms with Crippen LogP contribution < -0.4 is 10.1 Å². The number of halogens is 1. The number of nitrogens with zero attached hydrogens (tertiary/aromatic N) is 3. The normalized spacial score (nSPS) is 10.7. The summed E-state index contributed by atoms with van der Waals surface area (Å²) in [7, 11) is 3.30. The Hall–Kier alpha value is -2.60. The molecule has 0 aliphatic heterocycles. The summed E-state index contributed by atoms with van der Waals surface area (Å²) in [6.07, 6.45) is 3.12. The van der Waals surface area contributed by atoms with Crippen LogP contribution >= 0.6 is 11.6 Å². The first-order valence-corrected chi connectivity index (χ1v) is 7.36. The van der Waals surface area contributed by atoms with Crippen molar-refractivity contribution >= 4 is 28.5 Å². The quantitative estimate of drug-likeness (QED) is 0.798. The molecule has 0 saturated carbocycles. The monoisotopic (exact) mass is 330 g/mol. The van der Waals surface area contributed by atoms with E-state index in [1.54, 1.807) is 24.0 Å². The van der Waals surface area contributed by atoms with E-state index < -0.39 is 0 Å². The molecule has 0 atom stereocenters. The second kappa shape index (κ2) is 6.26. The summed E-state index contributed by atoms with van der Waals surface area (Å²) >= 11 is 6.09. The highest BCUT2D eigenvalue weighted by Crippen LogP contribution is 2.27. The van der Waals surface area contributed by atoms with E-state index in [1.165, 1.54) is 13.3 Å². The van der Waals surface area contributed by atoms with Gasteiger partial charge in [-0.25, -0.2) is 4.98 Å². The van der Waals surface area contributed by atoms with Crippen LogP contribution in [0.4, 0.5) is 0 Å². The van der Waals surface area contributed by atoms with Gasteiger partial charge in [-0.1, -0.05) is 29.8 Å². The van der Waals surface area contributed by atoms with Crippen molar-refractivity contribution in [1.82, 2.24) is 20.1 Å². The molecule has 0 radical (unpaired) electrons. The zero-order chi connectivity index (χ0) is 16.4. The van der Waals surface area contributed by atoms with E-state index in [9.17, 15) is 4.79 Å². The fraction of sp³-hybridized carbons (Fsp3) is 0.188. The number of hydrogen-bond donors (Lipinski definition) is 1. The Kier molecular flexibility index (Phi) is 4.16. The molecule has 118 valence electrons. The molecule has 0 aliphatic rings. The summed E-state index contributed by atoms with van der Waals surface area (Å²) in [4.78, 5) is 16.7. The Bertz CT molecular complexity index is 876. The summed E-state index contributed by atoms with van der Waals surface area (Å²) in [5, 5.41) is 8.27. The number of rotatable bonds is 4. The van der Waals surface area contributed by atoms with Gasteiger partial charge in [-0.2, -0.15) is 5.10 Å². The van der Waals surface area contributed by atoms with Crippen molar-refractivity contribution in [1.29, 1.82) is 0 Å². The summed E-state index contributed by atoms with van der Waals surface area (Å²) in [6.45, 7) is 0.326. The van der Waals surface area contributed by atoms with Gasteiger partial charge in [0.25, 0.3) is 5.91 Å². The van der Waals surface area contributed by atoms with Gasteiger partial charge in [0.2, 0.25) is 0 Å². The summed E-state index contributed by atoms with van der Waals surface area (Å²) in [5.41, 5.74) is 1.86. The van der Waals surface area contributed by atoms with E-state index in [2.05, 4.69) is 15.4 Å². The smallest absolute Gasteiger partial charge is 0.256 e. The van der Waals surface area contributed by atoms with Crippen molar-refractivity contribution in [2.24, 2.45) is 7.05 Å². The number of aryl methyl sites for hydroxylation is 1. The maximum absolute atomic E-state index is 12.5. The lowest BCUT2D eigenvalue weighted by Gasteiger charge is -2.10. The third-order valence-electron chi connectivity index (χ3n) is 3.56. The lowest BCUT2D eigenvalue weighted by molar-refractivity contribution is 0.0948. The van der Waals surface area contributed by atoms with Gasteiger partial charge in [0.05, 0.1) is 18.7 Å². The maximum atomic E-state index is 12.5. The fourth-order valence-corrected chi connectivity index (χ4v) is 2.57. The second-order valence-electron chi connectivity index (χ2n) is 4.98. The van der Waals surface area contributed by atoms with Crippen LogP contribution in [0.5, 0.6) is 5.75 Å². The fourth-order valence-electron chi connectivity index (χ4n) is 2.37. The van der Waals surface area contributed by atoms with Crippen molar-refractivity contribution in [3.63, 3.8) is 0 Å². The minimum Gasteiger partial charge on any atom is -0.495 e. The van der Waals surface area contributed by atoms with Crippen LogP contribution in [0.1, 0.15) is 15.9 Å². The van der Waals surface area contributed by atoms with Crippen LogP contribution in [-0.4, -0.2) is 27.8 Å². The number of methoxy groups -OCH3 is 1. The number of ether oxygens (including phenoxy) is 1. The highest BCUT2D eigenvalue weighted by Gasteiger charge is 2.18. The molecule has 1 amide bonds. The molecule has 0 unspecified atom stereocenters. The number of carbonyl (C=O) groups is 1. The van der Waals surface area contributed by atoms with E-state index >= 15 is 0 Å². The molecule has 0 spiro atoms. The van der Waals surface area contributed by atoms with Gasteiger partial charge in [0.15, 0.2) is 5.65 Å². The van der Waals surface area contributed by atoms with E-state index in [0.717, 1.165) is 5.56 Å². The predicted molar refractivity (Wildman–Crippen MR) is 87.7 cm³/mol. The third-order valence-corrected chi connectivity index (χ3v) is 3.93. The standard InChI is InChI=1S/C16H15ClN4O2/c1-21-15-11(9-20-21)14(23-2)12(8-18-15)16(22)19-7-10-5-3-4-6-13(10)17/h3-6,8-9H,7H2,1-2H3,(H,19,22). The van der Waals surface area contributed by atoms with E-state index in [1.807, 2.05) is 18.2 Å². The number of amides is 1. The molecule has 2 heterocycles. The lowest BCUT2D eigenvalue weighted by atomic mass is 10.2. The summed E-state index contributed by atoms with van der Waals surface area (Å²) < 4.78 is 7.02. The van der Waals surface area contributed by atoms with Crippen molar-refractivity contribution in [3.05, 3.63) is 52.8 Å². The van der Waals surface area contributed by atoms with Gasteiger partial charge in [0, 0.05) is 24.8 Å². The molecule has 1 aromatic carbocycles. The summed E-state index contributed by atoms with van der Waals surface area (Å²) in [5.74, 6) is 0.180. The maximum Gasteiger partial charge on any atom is 0.256 e. The number of nitrogens with one attached hydrogen (secondary N) is 1. The average Bonchev–Trinajstić information content (AvgIpc) is 2.94. The molecule has 0 bridgehead atoms. The number of aromatic nitrogens is 3. The van der Waals surface area contributed by atoms with Gasteiger partial charge in [-0.05, 0) is 11.6 Å². The molecular weight excluding hydrogens is 316 g/mol. The van der Waals surface area contributed by atoms with Crippen LogP contribution in [0.3, 0.4) is 0 Å². The number of hydrogen-bond acceptors (Lipinski definition) is 4. The van der Waals surface area contributed by atoms with Crippen LogP contribution in [0.25, 0.3) is 11.0 Å². The minimum absolute atomic E-state index is 0.278. The van der Waals surface area contributed by atoms with E-state index in [-0.39, 0.29) is 5.91 Å². The molecule has 23 heavy (non-hydrogen) atoms. The molecule has 0 aliphatic carbocycles. The van der Waals surface area contributed by atoms with Crippen LogP contribution in [0, 0.1) is 0 Å². The van der Waals surface area contributed by atoms with Crippen LogP contribution in [0.2, 0.25) is 5.02 Å².